The summed E-state index contributed by atoms with van der Waals surface area (Å²) in [4.78, 5) is 19.9. The number of carbonyl (C=O) groups is 1. The van der Waals surface area contributed by atoms with Crippen LogP contribution in [0.1, 0.15) is 26.3 Å². The first-order chi connectivity index (χ1) is 9.90. The zero-order chi connectivity index (χ0) is 15.6. The molecule has 6 heteroatoms. The van der Waals surface area contributed by atoms with Crippen LogP contribution in [0, 0.1) is 18.8 Å². The maximum atomic E-state index is 10.8. The van der Waals surface area contributed by atoms with Gasteiger partial charge in [-0.25, -0.2) is 9.97 Å². The number of aliphatic carboxylic acids is 1. The Morgan fingerprint density at radius 2 is 2.14 bits per heavy atom. The number of pyridine rings is 1. The number of hydrogen-bond acceptors (Lipinski definition) is 4. The molecule has 2 aromatic rings. The summed E-state index contributed by atoms with van der Waals surface area (Å²) in [7, 11) is 0. The van der Waals surface area contributed by atoms with E-state index in [2.05, 4.69) is 35.3 Å². The summed E-state index contributed by atoms with van der Waals surface area (Å²) >= 11 is 1.26. The summed E-state index contributed by atoms with van der Waals surface area (Å²) in [5.74, 6) is 0.192. The van der Waals surface area contributed by atoms with Crippen molar-refractivity contribution in [1.29, 1.82) is 0 Å². The van der Waals surface area contributed by atoms with Gasteiger partial charge in [0.2, 0.25) is 0 Å². The molecule has 2 aromatic heterocycles. The number of rotatable bonds is 6. The first-order valence-electron chi connectivity index (χ1n) is 7.06. The number of hydrogen-bond donors (Lipinski definition) is 1. The molecule has 0 aliphatic rings. The first kappa shape index (κ1) is 15.8. The number of imidazole rings is 1. The van der Waals surface area contributed by atoms with Crippen molar-refractivity contribution in [3.05, 3.63) is 17.8 Å². The van der Waals surface area contributed by atoms with Crippen LogP contribution in [0.4, 0.5) is 0 Å². The van der Waals surface area contributed by atoms with Gasteiger partial charge in [-0.15, -0.1) is 0 Å². The molecule has 0 amide bonds. The Bertz CT molecular complexity index is 652. The number of aromatic nitrogens is 3. The molecule has 0 aromatic carbocycles. The third-order valence-corrected chi connectivity index (χ3v) is 4.70. The van der Waals surface area contributed by atoms with Crippen molar-refractivity contribution in [1.82, 2.24) is 14.5 Å². The Balaban J connectivity index is 2.44. The lowest BCUT2D eigenvalue weighted by Gasteiger charge is -2.17. The number of carboxylic acid groups (broad SMARTS) is 1. The zero-order valence-corrected chi connectivity index (χ0v) is 13.6. The van der Waals surface area contributed by atoms with E-state index < -0.39 is 5.97 Å². The van der Waals surface area contributed by atoms with E-state index in [1.165, 1.54) is 11.8 Å². The molecule has 0 saturated carbocycles. The molecule has 0 fully saturated rings. The molecule has 21 heavy (non-hydrogen) atoms. The van der Waals surface area contributed by atoms with Gasteiger partial charge in [-0.3, -0.25) is 4.79 Å². The number of fused-ring (bicyclic) bond motifs is 1. The molecule has 0 bridgehead atoms. The molecule has 2 rings (SSSR count). The average molecular weight is 307 g/mol. The minimum Gasteiger partial charge on any atom is -0.481 e. The molecular weight excluding hydrogens is 286 g/mol. The van der Waals surface area contributed by atoms with Crippen LogP contribution in [0.5, 0.6) is 0 Å². The molecule has 1 N–H and O–H groups in total. The van der Waals surface area contributed by atoms with E-state index >= 15 is 0 Å². The predicted molar refractivity (Wildman–Crippen MR) is 84.6 cm³/mol. The van der Waals surface area contributed by atoms with E-state index in [-0.39, 0.29) is 5.75 Å². The third kappa shape index (κ3) is 3.56. The second kappa shape index (κ2) is 6.47. The van der Waals surface area contributed by atoms with Crippen LogP contribution in [0.15, 0.2) is 17.4 Å². The first-order valence-corrected chi connectivity index (χ1v) is 8.05. The molecule has 1 unspecified atom stereocenters. The molecule has 0 spiro atoms. The molecule has 1 atom stereocenters. The summed E-state index contributed by atoms with van der Waals surface area (Å²) in [6.07, 6.45) is 1.78. The van der Waals surface area contributed by atoms with E-state index in [0.717, 1.165) is 28.4 Å². The van der Waals surface area contributed by atoms with Crippen LogP contribution in [0.2, 0.25) is 0 Å². The van der Waals surface area contributed by atoms with Crippen molar-refractivity contribution in [3.8, 4) is 0 Å². The number of thioether (sulfide) groups is 1. The van der Waals surface area contributed by atoms with Gasteiger partial charge in [0.15, 0.2) is 10.8 Å². The number of aryl methyl sites for hydroxylation is 1. The standard InChI is InChI=1S/C15H21N3O2S/c1-9(2)11(4)7-18-14-13(10(3)5-6-16-14)17-15(18)21-8-12(19)20/h5-6,9,11H,7-8H2,1-4H3,(H,19,20). The maximum absolute atomic E-state index is 10.8. The molecule has 5 nitrogen and oxygen atoms in total. The highest BCUT2D eigenvalue weighted by Crippen LogP contribution is 2.27. The molecule has 0 saturated heterocycles. The van der Waals surface area contributed by atoms with E-state index in [9.17, 15) is 4.79 Å². The van der Waals surface area contributed by atoms with Crippen molar-refractivity contribution < 1.29 is 9.90 Å². The van der Waals surface area contributed by atoms with Crippen molar-refractivity contribution in [3.63, 3.8) is 0 Å². The molecular formula is C15H21N3O2S. The number of carboxylic acids is 1. The SMILES string of the molecule is Cc1ccnc2c1nc(SCC(=O)O)n2CC(C)C(C)C. The van der Waals surface area contributed by atoms with Gasteiger partial charge in [-0.2, -0.15) is 0 Å². The van der Waals surface area contributed by atoms with Crippen LogP contribution >= 0.6 is 11.8 Å². The minimum absolute atomic E-state index is 0.0123. The molecule has 0 aliphatic heterocycles. The molecule has 0 radical (unpaired) electrons. The van der Waals surface area contributed by atoms with Crippen molar-refractivity contribution in [2.24, 2.45) is 11.8 Å². The van der Waals surface area contributed by atoms with Crippen LogP contribution in [0.25, 0.3) is 11.2 Å². The highest BCUT2D eigenvalue weighted by Gasteiger charge is 2.18. The van der Waals surface area contributed by atoms with Gasteiger partial charge in [-0.1, -0.05) is 32.5 Å². The quantitative estimate of drug-likeness (QED) is 0.830. The average Bonchev–Trinajstić information content (AvgIpc) is 2.76. The molecule has 0 aliphatic carbocycles. The summed E-state index contributed by atoms with van der Waals surface area (Å²) < 4.78 is 2.06. The fourth-order valence-corrected chi connectivity index (χ4v) is 2.74. The Hall–Kier alpha value is -1.56. The van der Waals surface area contributed by atoms with Crippen molar-refractivity contribution >= 4 is 28.9 Å². The normalized spacial score (nSPS) is 13.0. The number of nitrogens with zero attached hydrogens (tertiary/aromatic N) is 3. The maximum Gasteiger partial charge on any atom is 0.313 e. The molecule has 114 valence electrons. The summed E-state index contributed by atoms with van der Waals surface area (Å²) in [5.41, 5.74) is 2.77. The Labute approximate surface area is 128 Å². The van der Waals surface area contributed by atoms with E-state index in [1.807, 2.05) is 13.0 Å². The minimum atomic E-state index is -0.833. The zero-order valence-electron chi connectivity index (χ0n) is 12.8. The van der Waals surface area contributed by atoms with Gasteiger partial charge in [0, 0.05) is 12.7 Å². The van der Waals surface area contributed by atoms with Crippen molar-refractivity contribution in [2.75, 3.05) is 5.75 Å². The van der Waals surface area contributed by atoms with E-state index in [4.69, 9.17) is 5.11 Å². The summed E-state index contributed by atoms with van der Waals surface area (Å²) in [5, 5.41) is 9.63. The Morgan fingerprint density at radius 3 is 2.76 bits per heavy atom. The second-order valence-electron chi connectivity index (χ2n) is 5.71. The van der Waals surface area contributed by atoms with Crippen LogP contribution in [0.3, 0.4) is 0 Å². The van der Waals surface area contributed by atoms with Gasteiger partial charge in [0.05, 0.1) is 5.75 Å². The van der Waals surface area contributed by atoms with Crippen molar-refractivity contribution in [2.45, 2.75) is 39.4 Å². The van der Waals surface area contributed by atoms with E-state index in [1.54, 1.807) is 6.20 Å². The van der Waals surface area contributed by atoms with Gasteiger partial charge in [-0.05, 0) is 30.4 Å². The Kier molecular flexibility index (Phi) is 4.88. The lowest BCUT2D eigenvalue weighted by Crippen LogP contribution is -2.14. The highest BCUT2D eigenvalue weighted by molar-refractivity contribution is 7.99. The van der Waals surface area contributed by atoms with Gasteiger partial charge < -0.3 is 9.67 Å². The van der Waals surface area contributed by atoms with Gasteiger partial charge >= 0.3 is 5.97 Å². The van der Waals surface area contributed by atoms with Gasteiger partial charge in [0.25, 0.3) is 0 Å². The smallest absolute Gasteiger partial charge is 0.313 e. The van der Waals surface area contributed by atoms with Gasteiger partial charge in [0.1, 0.15) is 5.52 Å². The third-order valence-electron chi connectivity index (χ3n) is 3.73. The van der Waals surface area contributed by atoms with Crippen LogP contribution < -0.4 is 0 Å². The largest absolute Gasteiger partial charge is 0.481 e. The van der Waals surface area contributed by atoms with Crippen LogP contribution in [-0.2, 0) is 11.3 Å². The monoisotopic (exact) mass is 307 g/mol. The topological polar surface area (TPSA) is 68.0 Å². The Morgan fingerprint density at radius 1 is 1.43 bits per heavy atom. The molecule has 2 heterocycles. The lowest BCUT2D eigenvalue weighted by molar-refractivity contribution is -0.133. The fourth-order valence-electron chi connectivity index (χ4n) is 2.02. The summed E-state index contributed by atoms with van der Waals surface area (Å²) in [6.45, 7) is 9.36. The second-order valence-corrected chi connectivity index (χ2v) is 6.65. The van der Waals surface area contributed by atoms with Crippen LogP contribution in [-0.4, -0.2) is 31.4 Å². The highest BCUT2D eigenvalue weighted by atomic mass is 32.2. The fraction of sp³-hybridized carbons (Fsp3) is 0.533. The lowest BCUT2D eigenvalue weighted by atomic mass is 9.98. The van der Waals surface area contributed by atoms with E-state index in [0.29, 0.717) is 11.8 Å². The predicted octanol–water partition coefficient (Wildman–Crippen LogP) is 3.21. The summed E-state index contributed by atoms with van der Waals surface area (Å²) in [6, 6.07) is 1.93.